The lowest BCUT2D eigenvalue weighted by molar-refractivity contribution is -0.120. The van der Waals surface area contributed by atoms with Crippen molar-refractivity contribution in [3.05, 3.63) is 69.2 Å². The van der Waals surface area contributed by atoms with Crippen molar-refractivity contribution in [3.63, 3.8) is 0 Å². The Balaban J connectivity index is 1.75. The Morgan fingerprint density at radius 2 is 1.75 bits per heavy atom. The number of carbonyl (C=O) groups is 2. The molecule has 0 fully saturated rings. The van der Waals surface area contributed by atoms with E-state index in [0.717, 1.165) is 21.2 Å². The Labute approximate surface area is 150 Å². The van der Waals surface area contributed by atoms with Crippen molar-refractivity contribution in [3.8, 4) is 0 Å². The maximum atomic E-state index is 12.0. The molecule has 2 aromatic carbocycles. The van der Waals surface area contributed by atoms with Gasteiger partial charge >= 0.3 is 0 Å². The third-order valence-corrected chi connectivity index (χ3v) is 4.17. The molecule has 0 saturated carbocycles. The minimum atomic E-state index is -0.153. The summed E-state index contributed by atoms with van der Waals surface area (Å²) in [6.45, 7) is 4.81. The summed E-state index contributed by atoms with van der Waals surface area (Å²) >= 11 is 3.34. The number of aryl methyl sites for hydroxylation is 2. The van der Waals surface area contributed by atoms with Crippen molar-refractivity contribution >= 4 is 27.7 Å². The van der Waals surface area contributed by atoms with Gasteiger partial charge in [0.25, 0.3) is 5.91 Å². The third kappa shape index (κ3) is 5.49. The summed E-state index contributed by atoms with van der Waals surface area (Å²) < 4.78 is 0.858. The van der Waals surface area contributed by atoms with Crippen LogP contribution < -0.4 is 10.6 Å². The molecule has 0 aliphatic carbocycles. The van der Waals surface area contributed by atoms with Crippen LogP contribution in [0.15, 0.2) is 46.9 Å². The molecule has 4 nitrogen and oxygen atoms in total. The summed E-state index contributed by atoms with van der Waals surface area (Å²) in [5.74, 6) is -0.194. The molecule has 2 rings (SSSR count). The molecule has 5 heteroatoms. The minimum Gasteiger partial charge on any atom is -0.354 e. The standard InChI is InChI=1S/C19H21BrN2O2/c1-13-6-7-14(2)16(10-13)12-18(23)21-8-9-22-19(24)15-4-3-5-17(20)11-15/h3-7,10-11H,8-9,12H2,1-2H3,(H,21,23)(H,22,24). The number of benzene rings is 2. The van der Waals surface area contributed by atoms with E-state index in [4.69, 9.17) is 0 Å². The van der Waals surface area contributed by atoms with Crippen LogP contribution >= 0.6 is 15.9 Å². The van der Waals surface area contributed by atoms with Gasteiger partial charge in [-0.05, 0) is 43.2 Å². The molecular formula is C19H21BrN2O2. The monoisotopic (exact) mass is 388 g/mol. The lowest BCUT2D eigenvalue weighted by Gasteiger charge is -2.09. The fourth-order valence-corrected chi connectivity index (χ4v) is 2.74. The van der Waals surface area contributed by atoms with Crippen molar-refractivity contribution in [1.82, 2.24) is 10.6 Å². The smallest absolute Gasteiger partial charge is 0.251 e. The molecule has 24 heavy (non-hydrogen) atoms. The Morgan fingerprint density at radius 1 is 1.00 bits per heavy atom. The van der Waals surface area contributed by atoms with E-state index in [9.17, 15) is 9.59 Å². The van der Waals surface area contributed by atoms with Crippen LogP contribution in [0, 0.1) is 13.8 Å². The van der Waals surface area contributed by atoms with Gasteiger partial charge in [0.05, 0.1) is 6.42 Å². The molecule has 2 amide bonds. The second kappa shape index (κ2) is 8.64. The Bertz CT molecular complexity index is 744. The Hall–Kier alpha value is -2.14. The number of halogens is 1. The SMILES string of the molecule is Cc1ccc(C)c(CC(=O)NCCNC(=O)c2cccc(Br)c2)c1. The number of carbonyl (C=O) groups excluding carboxylic acids is 2. The normalized spacial score (nSPS) is 10.3. The molecule has 0 aromatic heterocycles. The van der Waals surface area contributed by atoms with Gasteiger partial charge in [-0.2, -0.15) is 0 Å². The molecule has 0 atom stereocenters. The maximum Gasteiger partial charge on any atom is 0.251 e. The second-order valence-electron chi connectivity index (χ2n) is 5.72. The summed E-state index contributed by atoms with van der Waals surface area (Å²) in [6, 6.07) is 13.3. The Morgan fingerprint density at radius 3 is 2.50 bits per heavy atom. The van der Waals surface area contributed by atoms with Gasteiger partial charge in [0.2, 0.25) is 5.91 Å². The summed E-state index contributed by atoms with van der Waals surface area (Å²) in [7, 11) is 0. The summed E-state index contributed by atoms with van der Waals surface area (Å²) in [6.07, 6.45) is 0.354. The first-order valence-electron chi connectivity index (χ1n) is 7.82. The molecule has 0 spiro atoms. The summed E-state index contributed by atoms with van der Waals surface area (Å²) in [5.41, 5.74) is 3.88. The third-order valence-electron chi connectivity index (χ3n) is 3.68. The molecule has 0 radical (unpaired) electrons. The zero-order valence-corrected chi connectivity index (χ0v) is 15.4. The van der Waals surface area contributed by atoms with Crippen LogP contribution in [0.1, 0.15) is 27.0 Å². The van der Waals surface area contributed by atoms with Crippen LogP contribution in [0.3, 0.4) is 0 Å². The summed E-state index contributed by atoms with van der Waals surface area (Å²) in [4.78, 5) is 24.0. The zero-order chi connectivity index (χ0) is 17.5. The highest BCUT2D eigenvalue weighted by molar-refractivity contribution is 9.10. The molecule has 0 bridgehead atoms. The van der Waals surface area contributed by atoms with E-state index >= 15 is 0 Å². The number of hydrogen-bond donors (Lipinski definition) is 2. The van der Waals surface area contributed by atoms with Gasteiger partial charge in [0, 0.05) is 23.1 Å². The van der Waals surface area contributed by atoms with Crippen molar-refractivity contribution in [1.29, 1.82) is 0 Å². The van der Waals surface area contributed by atoms with E-state index in [2.05, 4.69) is 26.6 Å². The Kier molecular flexibility index (Phi) is 6.55. The molecule has 126 valence electrons. The predicted molar refractivity (Wildman–Crippen MR) is 99.1 cm³/mol. The average Bonchev–Trinajstić information content (AvgIpc) is 2.55. The quantitative estimate of drug-likeness (QED) is 0.746. The highest BCUT2D eigenvalue weighted by atomic mass is 79.9. The maximum absolute atomic E-state index is 12.0. The van der Waals surface area contributed by atoms with E-state index in [1.165, 1.54) is 0 Å². The molecule has 0 aliphatic heterocycles. The van der Waals surface area contributed by atoms with Crippen LogP contribution in [-0.2, 0) is 11.2 Å². The first-order valence-corrected chi connectivity index (χ1v) is 8.61. The first kappa shape index (κ1) is 18.2. The minimum absolute atomic E-state index is 0.0413. The van der Waals surface area contributed by atoms with Gasteiger partial charge in [-0.15, -0.1) is 0 Å². The van der Waals surface area contributed by atoms with E-state index in [0.29, 0.717) is 25.1 Å². The van der Waals surface area contributed by atoms with Gasteiger partial charge < -0.3 is 10.6 Å². The van der Waals surface area contributed by atoms with Gasteiger partial charge in [0.1, 0.15) is 0 Å². The highest BCUT2D eigenvalue weighted by Gasteiger charge is 2.07. The molecule has 0 saturated heterocycles. The van der Waals surface area contributed by atoms with Crippen LogP contribution in [-0.4, -0.2) is 24.9 Å². The van der Waals surface area contributed by atoms with Crippen LogP contribution in [0.4, 0.5) is 0 Å². The van der Waals surface area contributed by atoms with Crippen molar-refractivity contribution < 1.29 is 9.59 Å². The van der Waals surface area contributed by atoms with Crippen LogP contribution in [0.25, 0.3) is 0 Å². The number of rotatable bonds is 6. The zero-order valence-electron chi connectivity index (χ0n) is 13.9. The topological polar surface area (TPSA) is 58.2 Å². The van der Waals surface area contributed by atoms with Gasteiger partial charge in [-0.1, -0.05) is 45.8 Å². The molecule has 0 aliphatic rings. The molecule has 2 aromatic rings. The molecule has 0 unspecified atom stereocenters. The van der Waals surface area contributed by atoms with Gasteiger partial charge in [-0.3, -0.25) is 9.59 Å². The van der Waals surface area contributed by atoms with Gasteiger partial charge in [-0.25, -0.2) is 0 Å². The number of amides is 2. The molecular weight excluding hydrogens is 368 g/mol. The fraction of sp³-hybridized carbons (Fsp3) is 0.263. The lowest BCUT2D eigenvalue weighted by Crippen LogP contribution is -2.35. The van der Waals surface area contributed by atoms with E-state index < -0.39 is 0 Å². The van der Waals surface area contributed by atoms with Crippen molar-refractivity contribution in [2.24, 2.45) is 0 Å². The fourth-order valence-electron chi connectivity index (χ4n) is 2.34. The van der Waals surface area contributed by atoms with Crippen LogP contribution in [0.5, 0.6) is 0 Å². The predicted octanol–water partition coefficient (Wildman–Crippen LogP) is 3.15. The summed E-state index contributed by atoms with van der Waals surface area (Å²) in [5, 5.41) is 5.62. The van der Waals surface area contributed by atoms with E-state index in [1.54, 1.807) is 12.1 Å². The highest BCUT2D eigenvalue weighted by Crippen LogP contribution is 2.12. The largest absolute Gasteiger partial charge is 0.354 e. The molecule has 2 N–H and O–H groups in total. The van der Waals surface area contributed by atoms with E-state index in [-0.39, 0.29) is 11.8 Å². The van der Waals surface area contributed by atoms with Crippen molar-refractivity contribution in [2.45, 2.75) is 20.3 Å². The average molecular weight is 389 g/mol. The van der Waals surface area contributed by atoms with E-state index in [1.807, 2.05) is 44.2 Å². The number of hydrogen-bond acceptors (Lipinski definition) is 2. The van der Waals surface area contributed by atoms with Crippen LogP contribution in [0.2, 0.25) is 0 Å². The lowest BCUT2D eigenvalue weighted by atomic mass is 10.0. The second-order valence-corrected chi connectivity index (χ2v) is 6.64. The number of nitrogens with one attached hydrogen (secondary N) is 2. The molecule has 0 heterocycles. The van der Waals surface area contributed by atoms with Gasteiger partial charge in [0.15, 0.2) is 0 Å². The van der Waals surface area contributed by atoms with Crippen molar-refractivity contribution in [2.75, 3.05) is 13.1 Å². The first-order chi connectivity index (χ1) is 11.5.